The fourth-order valence-corrected chi connectivity index (χ4v) is 3.56. The summed E-state index contributed by atoms with van der Waals surface area (Å²) >= 11 is 0. The minimum absolute atomic E-state index is 0.292. The molecule has 0 radical (unpaired) electrons. The van der Waals surface area contributed by atoms with Gasteiger partial charge in [-0.15, -0.1) is 0 Å². The lowest BCUT2D eigenvalue weighted by Gasteiger charge is -2.38. The average molecular weight is 280 g/mol. The van der Waals surface area contributed by atoms with E-state index in [1.165, 1.54) is 0 Å². The summed E-state index contributed by atoms with van der Waals surface area (Å²) in [7, 11) is -2.94. The summed E-state index contributed by atoms with van der Waals surface area (Å²) in [5.74, 6) is 0.326. The topological polar surface area (TPSA) is 105 Å². The zero-order valence-electron chi connectivity index (χ0n) is 10.6. The molecule has 0 aromatic heterocycles. The van der Waals surface area contributed by atoms with Crippen LogP contribution in [-0.2, 0) is 14.9 Å². The van der Waals surface area contributed by atoms with Gasteiger partial charge in [0.15, 0.2) is 0 Å². The molecule has 0 heterocycles. The summed E-state index contributed by atoms with van der Waals surface area (Å²) in [4.78, 5) is 10.9. The Morgan fingerprint density at radius 3 is 2.72 bits per heavy atom. The molecule has 18 heavy (non-hydrogen) atoms. The quantitative estimate of drug-likeness (QED) is 0.678. The van der Waals surface area contributed by atoms with Crippen LogP contribution in [0.3, 0.4) is 0 Å². The number of hydrogen-bond acceptors (Lipinski definition) is 5. The van der Waals surface area contributed by atoms with Gasteiger partial charge in [0, 0.05) is 0 Å². The first-order valence-electron chi connectivity index (χ1n) is 5.83. The maximum atomic E-state index is 11.7. The lowest BCUT2D eigenvalue weighted by molar-refractivity contribution is 0.119. The molecule has 1 amide bonds. The third-order valence-corrected chi connectivity index (χ3v) is 4.29. The van der Waals surface area contributed by atoms with Gasteiger partial charge < -0.3 is 9.84 Å². The van der Waals surface area contributed by atoms with Crippen LogP contribution in [-0.4, -0.2) is 38.9 Å². The van der Waals surface area contributed by atoms with Crippen molar-refractivity contribution in [2.24, 2.45) is 5.92 Å². The van der Waals surface area contributed by atoms with Crippen LogP contribution in [0.2, 0.25) is 0 Å². The van der Waals surface area contributed by atoms with E-state index in [4.69, 9.17) is 0 Å². The molecule has 7 nitrogen and oxygen atoms in total. The lowest BCUT2D eigenvalue weighted by atomic mass is 9.78. The van der Waals surface area contributed by atoms with Crippen molar-refractivity contribution in [3.63, 3.8) is 0 Å². The second-order valence-corrected chi connectivity index (χ2v) is 6.25. The van der Waals surface area contributed by atoms with Crippen LogP contribution in [0.5, 0.6) is 0 Å². The van der Waals surface area contributed by atoms with E-state index in [1.54, 1.807) is 4.72 Å². The third-order valence-electron chi connectivity index (χ3n) is 3.15. The highest BCUT2D eigenvalue weighted by Gasteiger charge is 2.38. The molecule has 8 heteroatoms. The van der Waals surface area contributed by atoms with Gasteiger partial charge in [0.2, 0.25) is 0 Å². The Kier molecular flexibility index (Phi) is 4.94. The van der Waals surface area contributed by atoms with E-state index in [1.807, 2.05) is 6.92 Å². The van der Waals surface area contributed by atoms with E-state index in [-0.39, 0.29) is 6.61 Å². The molecule has 0 spiro atoms. The second kappa shape index (κ2) is 5.85. The standard InChI is InChI=1S/C10H20N2O5S/c1-8-4-3-5-10(6-8,7-13)12-18(15,16)11-9(14)17-2/h8,12-13H,3-7H2,1-2H3,(H,11,14). The summed E-state index contributed by atoms with van der Waals surface area (Å²) in [6.45, 7) is 1.71. The normalized spacial score (nSPS) is 28.7. The third kappa shape index (κ3) is 4.11. The number of carbonyl (C=O) groups is 1. The van der Waals surface area contributed by atoms with Crippen LogP contribution in [0, 0.1) is 5.92 Å². The molecule has 0 aromatic rings. The van der Waals surface area contributed by atoms with Gasteiger partial charge in [0.05, 0.1) is 19.3 Å². The fraction of sp³-hybridized carbons (Fsp3) is 0.900. The molecule has 0 bridgehead atoms. The summed E-state index contributed by atoms with van der Waals surface area (Å²) in [6, 6.07) is 0. The number of methoxy groups -OCH3 is 1. The first-order chi connectivity index (χ1) is 8.32. The van der Waals surface area contributed by atoms with Crippen LogP contribution in [0.1, 0.15) is 32.6 Å². The zero-order valence-corrected chi connectivity index (χ0v) is 11.4. The Bertz CT molecular complexity index is 397. The summed E-state index contributed by atoms with van der Waals surface area (Å²) in [6.07, 6.45) is 1.89. The van der Waals surface area contributed by atoms with Gasteiger partial charge in [-0.05, 0) is 18.8 Å². The largest absolute Gasteiger partial charge is 0.452 e. The minimum atomic E-state index is -4.02. The molecule has 2 atom stereocenters. The van der Waals surface area contributed by atoms with Crippen LogP contribution >= 0.6 is 0 Å². The van der Waals surface area contributed by atoms with Gasteiger partial charge in [-0.1, -0.05) is 19.8 Å². The molecule has 1 rings (SSSR count). The maximum Gasteiger partial charge on any atom is 0.421 e. The van der Waals surface area contributed by atoms with Gasteiger partial charge in [0.1, 0.15) is 0 Å². The molecular weight excluding hydrogens is 260 g/mol. The Balaban J connectivity index is 2.75. The number of rotatable bonds is 4. The van der Waals surface area contributed by atoms with Crippen molar-refractivity contribution in [1.82, 2.24) is 9.44 Å². The number of aliphatic hydroxyl groups is 1. The van der Waals surface area contributed by atoms with E-state index < -0.39 is 21.8 Å². The molecule has 1 aliphatic carbocycles. The molecule has 1 aliphatic rings. The average Bonchev–Trinajstić information content (AvgIpc) is 2.27. The van der Waals surface area contributed by atoms with Crippen LogP contribution in [0.4, 0.5) is 4.79 Å². The van der Waals surface area contributed by atoms with Crippen molar-refractivity contribution in [1.29, 1.82) is 0 Å². The summed E-state index contributed by atoms with van der Waals surface area (Å²) in [5, 5.41) is 9.44. The SMILES string of the molecule is COC(=O)NS(=O)(=O)NC1(CO)CCCC(C)C1. The molecule has 0 aromatic carbocycles. The molecule has 1 fully saturated rings. The number of aliphatic hydroxyl groups excluding tert-OH is 1. The highest BCUT2D eigenvalue weighted by Crippen LogP contribution is 2.32. The first-order valence-corrected chi connectivity index (χ1v) is 7.31. The van der Waals surface area contributed by atoms with Crippen molar-refractivity contribution in [2.45, 2.75) is 38.1 Å². The Morgan fingerprint density at radius 2 is 2.22 bits per heavy atom. The molecule has 1 saturated carbocycles. The lowest BCUT2D eigenvalue weighted by Crippen LogP contribution is -2.57. The highest BCUT2D eigenvalue weighted by atomic mass is 32.2. The molecule has 106 valence electrons. The van der Waals surface area contributed by atoms with E-state index in [2.05, 4.69) is 9.46 Å². The Morgan fingerprint density at radius 1 is 1.56 bits per heavy atom. The number of ether oxygens (including phenoxy) is 1. The van der Waals surface area contributed by atoms with Crippen LogP contribution < -0.4 is 9.44 Å². The predicted octanol–water partition coefficient (Wildman–Crippen LogP) is 0.118. The molecule has 0 aliphatic heterocycles. The van der Waals surface area contributed by atoms with Crippen molar-refractivity contribution in [2.75, 3.05) is 13.7 Å². The maximum absolute atomic E-state index is 11.7. The second-order valence-electron chi connectivity index (χ2n) is 4.84. The van der Waals surface area contributed by atoms with Crippen molar-refractivity contribution in [3.8, 4) is 0 Å². The fourth-order valence-electron chi connectivity index (χ4n) is 2.39. The number of carbonyl (C=O) groups excluding carboxylic acids is 1. The Hall–Kier alpha value is -0.860. The van der Waals surface area contributed by atoms with Crippen molar-refractivity contribution in [3.05, 3.63) is 0 Å². The molecule has 3 N–H and O–H groups in total. The highest BCUT2D eigenvalue weighted by molar-refractivity contribution is 7.88. The monoisotopic (exact) mass is 280 g/mol. The summed E-state index contributed by atoms with van der Waals surface area (Å²) < 4.78 is 31.7. The number of amides is 1. The predicted molar refractivity (Wildman–Crippen MR) is 65.0 cm³/mol. The van der Waals surface area contributed by atoms with E-state index in [0.717, 1.165) is 20.0 Å². The van der Waals surface area contributed by atoms with E-state index in [9.17, 15) is 18.3 Å². The van der Waals surface area contributed by atoms with E-state index >= 15 is 0 Å². The molecule has 2 unspecified atom stereocenters. The smallest absolute Gasteiger partial charge is 0.421 e. The van der Waals surface area contributed by atoms with Gasteiger partial charge in [-0.25, -0.2) is 9.52 Å². The molecule has 0 saturated heterocycles. The zero-order chi connectivity index (χ0) is 13.8. The van der Waals surface area contributed by atoms with Gasteiger partial charge in [-0.2, -0.15) is 13.1 Å². The van der Waals surface area contributed by atoms with E-state index in [0.29, 0.717) is 18.8 Å². The van der Waals surface area contributed by atoms with Crippen LogP contribution in [0.15, 0.2) is 0 Å². The van der Waals surface area contributed by atoms with Gasteiger partial charge in [0.25, 0.3) is 0 Å². The van der Waals surface area contributed by atoms with Gasteiger partial charge in [-0.3, -0.25) is 0 Å². The first kappa shape index (κ1) is 15.2. The Labute approximate surface area is 107 Å². The summed E-state index contributed by atoms with van der Waals surface area (Å²) in [5.41, 5.74) is -0.891. The van der Waals surface area contributed by atoms with Crippen molar-refractivity contribution < 1.29 is 23.1 Å². The van der Waals surface area contributed by atoms with Crippen LogP contribution in [0.25, 0.3) is 0 Å². The minimum Gasteiger partial charge on any atom is -0.452 e. The number of nitrogens with one attached hydrogen (secondary N) is 2. The van der Waals surface area contributed by atoms with Gasteiger partial charge >= 0.3 is 16.3 Å². The van der Waals surface area contributed by atoms with Crippen molar-refractivity contribution >= 4 is 16.3 Å². The number of hydrogen-bond donors (Lipinski definition) is 3. The molecular formula is C10H20N2O5S.